The second-order valence-electron chi connectivity index (χ2n) is 17.5. The number of hydrogen-bond acceptors (Lipinski definition) is 6. The van der Waals surface area contributed by atoms with Crippen LogP contribution in [0.2, 0.25) is 0 Å². The molecule has 60 heavy (non-hydrogen) atoms. The summed E-state index contributed by atoms with van der Waals surface area (Å²) >= 11 is 0. The van der Waals surface area contributed by atoms with Gasteiger partial charge in [-0.15, -0.1) is 0 Å². The molecule has 0 aliphatic carbocycles. The first-order valence-corrected chi connectivity index (χ1v) is 26.0. The van der Waals surface area contributed by atoms with Gasteiger partial charge in [0.05, 0.1) is 34.4 Å². The first-order valence-electron chi connectivity index (χ1n) is 24.5. The first kappa shape index (κ1) is 58.2. The van der Waals surface area contributed by atoms with Gasteiger partial charge in [-0.05, 0) is 83.5 Å². The van der Waals surface area contributed by atoms with Gasteiger partial charge in [-0.2, -0.15) is 0 Å². The van der Waals surface area contributed by atoms with Crippen LogP contribution in [0.15, 0.2) is 60.8 Å². The fourth-order valence-electron chi connectivity index (χ4n) is 6.47. The lowest BCUT2D eigenvalue weighted by Gasteiger charge is -2.24. The minimum absolute atomic E-state index is 0.0824. The average molecular weight is 865 g/mol. The lowest BCUT2D eigenvalue weighted by Crippen LogP contribution is -2.37. The van der Waals surface area contributed by atoms with Gasteiger partial charge in [0.2, 0.25) is 0 Å². The molecule has 0 aromatic rings. The zero-order valence-corrected chi connectivity index (χ0v) is 40.6. The van der Waals surface area contributed by atoms with E-state index in [4.69, 9.17) is 18.5 Å². The third kappa shape index (κ3) is 47.3. The predicted octanol–water partition coefficient (Wildman–Crippen LogP) is 14.9. The zero-order valence-electron chi connectivity index (χ0n) is 39.7. The number of carbonyl (C=O) groups is 1. The Bertz CT molecular complexity index is 1140. The van der Waals surface area contributed by atoms with Gasteiger partial charge in [0.15, 0.2) is 0 Å². The molecule has 0 heterocycles. The number of ether oxygens (including phenoxy) is 2. The van der Waals surface area contributed by atoms with Gasteiger partial charge in [-0.3, -0.25) is 13.8 Å². The molecule has 0 aromatic heterocycles. The van der Waals surface area contributed by atoms with Crippen molar-refractivity contribution in [2.24, 2.45) is 0 Å². The second-order valence-corrected chi connectivity index (χ2v) is 18.9. The number of rotatable bonds is 45. The van der Waals surface area contributed by atoms with E-state index in [9.17, 15) is 14.3 Å². The monoisotopic (exact) mass is 865 g/mol. The van der Waals surface area contributed by atoms with Crippen molar-refractivity contribution >= 4 is 13.8 Å². The van der Waals surface area contributed by atoms with E-state index in [-0.39, 0.29) is 25.8 Å². The lowest BCUT2D eigenvalue weighted by molar-refractivity contribution is -0.870. The Morgan fingerprint density at radius 2 is 0.917 bits per heavy atom. The van der Waals surface area contributed by atoms with Crippen LogP contribution in [0.5, 0.6) is 0 Å². The van der Waals surface area contributed by atoms with Gasteiger partial charge in [-0.25, -0.2) is 4.57 Å². The number of allylic oxidation sites excluding steroid dienone is 10. The molecule has 0 fully saturated rings. The summed E-state index contributed by atoms with van der Waals surface area (Å²) < 4.78 is 35.1. The van der Waals surface area contributed by atoms with Crippen LogP contribution >= 0.6 is 7.82 Å². The lowest BCUT2D eigenvalue weighted by atomic mass is 10.1. The molecular formula is C51H95NO7P+. The molecular weight excluding hydrogens is 770 g/mol. The first-order chi connectivity index (χ1) is 29.1. The average Bonchev–Trinajstić information content (AvgIpc) is 3.20. The molecule has 0 saturated heterocycles. The van der Waals surface area contributed by atoms with Crippen LogP contribution in [0.1, 0.15) is 200 Å². The van der Waals surface area contributed by atoms with Gasteiger partial charge in [0.25, 0.3) is 0 Å². The van der Waals surface area contributed by atoms with E-state index in [2.05, 4.69) is 74.6 Å². The van der Waals surface area contributed by atoms with Crippen LogP contribution < -0.4 is 0 Å². The summed E-state index contributed by atoms with van der Waals surface area (Å²) in [5.41, 5.74) is 0. The molecule has 8 nitrogen and oxygen atoms in total. The molecule has 2 unspecified atom stereocenters. The SMILES string of the molecule is CCCCC/C=C\C/C=C\C/C=C\CCCCCCCCCOCC(COP(=O)(O)OCC[N+](C)(C)C)OC(=O)CCCCCCCCC/C=C\C/C=C\CCCCCC. The number of unbranched alkanes of at least 4 members (excludes halogenated alkanes) is 21. The largest absolute Gasteiger partial charge is 0.472 e. The van der Waals surface area contributed by atoms with Crippen LogP contribution in [-0.2, 0) is 27.9 Å². The molecule has 350 valence electrons. The second kappa shape index (κ2) is 43.8. The maximum Gasteiger partial charge on any atom is 0.472 e. The Balaban J connectivity index is 4.22. The fraction of sp³-hybridized carbons (Fsp3) is 0.784. The highest BCUT2D eigenvalue weighted by Crippen LogP contribution is 2.43. The van der Waals surface area contributed by atoms with E-state index in [1.54, 1.807) is 0 Å². The normalized spacial score (nSPS) is 14.2. The molecule has 0 aliphatic rings. The Hall–Kier alpha value is -1.80. The predicted molar refractivity (Wildman–Crippen MR) is 256 cm³/mol. The van der Waals surface area contributed by atoms with Crippen molar-refractivity contribution in [2.45, 2.75) is 206 Å². The summed E-state index contributed by atoms with van der Waals surface area (Å²) in [6.45, 7) is 5.55. The fourth-order valence-corrected chi connectivity index (χ4v) is 7.21. The molecule has 1 N–H and O–H groups in total. The maximum atomic E-state index is 12.7. The van der Waals surface area contributed by atoms with E-state index in [1.807, 2.05) is 21.1 Å². The summed E-state index contributed by atoms with van der Waals surface area (Å²) in [5.74, 6) is -0.326. The Morgan fingerprint density at radius 1 is 0.517 bits per heavy atom. The summed E-state index contributed by atoms with van der Waals surface area (Å²) in [5, 5.41) is 0. The van der Waals surface area contributed by atoms with Crippen LogP contribution in [0.3, 0.4) is 0 Å². The smallest absolute Gasteiger partial charge is 0.457 e. The van der Waals surface area contributed by atoms with Crippen molar-refractivity contribution in [1.82, 2.24) is 0 Å². The standard InChI is InChI=1S/C51H94NO7P/c1-6-8-10-12-14-16-18-20-22-24-26-27-29-31-33-35-37-39-41-43-46-56-48-50(49-58-60(54,55)57-47-45-52(3,4)5)59-51(53)44-42-40-38-36-34-32-30-28-25-23-21-19-17-15-13-11-9-7-2/h14,16-17,19-20,22-23,25-27,50H,6-13,15,18,21,24,28-49H2,1-5H3/p+1/b16-14-,19-17-,22-20-,25-23-,27-26-. The maximum absolute atomic E-state index is 12.7. The summed E-state index contributed by atoms with van der Waals surface area (Å²) in [6.07, 6.45) is 55.4. The highest BCUT2D eigenvalue weighted by atomic mass is 31.2. The van der Waals surface area contributed by atoms with E-state index in [1.165, 1.54) is 116 Å². The van der Waals surface area contributed by atoms with Gasteiger partial charge in [-0.1, -0.05) is 171 Å². The topological polar surface area (TPSA) is 91.3 Å². The van der Waals surface area contributed by atoms with Crippen LogP contribution in [0.4, 0.5) is 0 Å². The summed E-state index contributed by atoms with van der Waals surface area (Å²) in [4.78, 5) is 23.0. The molecule has 0 aromatic carbocycles. The quantitative estimate of drug-likeness (QED) is 0.0214. The third-order valence-electron chi connectivity index (χ3n) is 10.3. The van der Waals surface area contributed by atoms with E-state index >= 15 is 0 Å². The highest BCUT2D eigenvalue weighted by molar-refractivity contribution is 7.47. The number of likely N-dealkylation sites (N-methyl/N-ethyl adjacent to an activating group) is 1. The van der Waals surface area contributed by atoms with Crippen molar-refractivity contribution in [3.63, 3.8) is 0 Å². The number of esters is 1. The van der Waals surface area contributed by atoms with Crippen LogP contribution in [-0.4, -0.2) is 75.6 Å². The van der Waals surface area contributed by atoms with Crippen molar-refractivity contribution in [3.8, 4) is 0 Å². The molecule has 2 atom stereocenters. The van der Waals surface area contributed by atoms with Crippen molar-refractivity contribution in [3.05, 3.63) is 60.8 Å². The molecule has 0 bridgehead atoms. The van der Waals surface area contributed by atoms with Crippen molar-refractivity contribution < 1.29 is 37.3 Å². The number of nitrogens with zero attached hydrogens (tertiary/aromatic N) is 1. The van der Waals surface area contributed by atoms with E-state index < -0.39 is 13.9 Å². The van der Waals surface area contributed by atoms with Crippen molar-refractivity contribution in [1.29, 1.82) is 0 Å². The van der Waals surface area contributed by atoms with Gasteiger partial charge in [0.1, 0.15) is 19.3 Å². The van der Waals surface area contributed by atoms with Crippen LogP contribution in [0, 0.1) is 0 Å². The van der Waals surface area contributed by atoms with E-state index in [0.717, 1.165) is 64.2 Å². The molecule has 0 spiro atoms. The van der Waals surface area contributed by atoms with Crippen molar-refractivity contribution in [2.75, 3.05) is 54.1 Å². The number of hydrogen-bond donors (Lipinski definition) is 1. The molecule has 0 amide bonds. The van der Waals surface area contributed by atoms with Gasteiger partial charge in [0, 0.05) is 13.0 Å². The minimum atomic E-state index is -4.29. The molecule has 0 aliphatic heterocycles. The molecule has 0 rings (SSSR count). The van der Waals surface area contributed by atoms with Gasteiger partial charge < -0.3 is 18.9 Å². The zero-order chi connectivity index (χ0) is 44.1. The number of phosphoric acid groups is 1. The highest BCUT2D eigenvalue weighted by Gasteiger charge is 2.26. The third-order valence-corrected chi connectivity index (χ3v) is 11.3. The molecule has 9 heteroatoms. The molecule has 0 saturated carbocycles. The molecule has 0 radical (unpaired) electrons. The summed E-state index contributed by atoms with van der Waals surface area (Å²) in [6, 6.07) is 0. The number of phosphoric ester groups is 1. The van der Waals surface area contributed by atoms with E-state index in [0.29, 0.717) is 24.1 Å². The Morgan fingerprint density at radius 3 is 1.40 bits per heavy atom. The Kier molecular flexibility index (Phi) is 42.5. The Labute approximate surface area is 370 Å². The number of carbonyl (C=O) groups excluding carboxylic acids is 1. The van der Waals surface area contributed by atoms with Gasteiger partial charge >= 0.3 is 13.8 Å². The number of quaternary nitrogens is 1. The van der Waals surface area contributed by atoms with Crippen LogP contribution in [0.25, 0.3) is 0 Å². The summed E-state index contributed by atoms with van der Waals surface area (Å²) in [7, 11) is 1.65. The minimum Gasteiger partial charge on any atom is -0.457 e.